The molecule has 0 radical (unpaired) electrons. The van der Waals surface area contributed by atoms with E-state index in [2.05, 4.69) is 5.32 Å². The Morgan fingerprint density at radius 1 is 1.00 bits per heavy atom. The maximum absolute atomic E-state index is 13.3. The van der Waals surface area contributed by atoms with Crippen LogP contribution in [0, 0.1) is 5.82 Å². The van der Waals surface area contributed by atoms with E-state index in [0.717, 1.165) is 0 Å². The van der Waals surface area contributed by atoms with Crippen molar-refractivity contribution in [1.82, 2.24) is 5.32 Å². The molecule has 0 saturated heterocycles. The standard InChI is InChI=1S/C21H18FNO3/c22-17-10-6-11-18(13-17)26-19-12-5-4-9-16(19)14-23-21(25)20(24)15-7-2-1-3-8-15/h1-13,20,24H,14H2,(H,23,25). The summed E-state index contributed by atoms with van der Waals surface area (Å²) < 4.78 is 19.0. The highest BCUT2D eigenvalue weighted by molar-refractivity contribution is 5.81. The van der Waals surface area contributed by atoms with E-state index in [1.807, 2.05) is 12.1 Å². The Bertz CT molecular complexity index is 883. The third-order valence-electron chi connectivity index (χ3n) is 3.81. The summed E-state index contributed by atoms with van der Waals surface area (Å²) in [4.78, 5) is 12.2. The Morgan fingerprint density at radius 2 is 1.73 bits per heavy atom. The fraction of sp³-hybridized carbons (Fsp3) is 0.0952. The summed E-state index contributed by atoms with van der Waals surface area (Å²) in [7, 11) is 0. The maximum atomic E-state index is 13.3. The first-order valence-corrected chi connectivity index (χ1v) is 8.15. The zero-order chi connectivity index (χ0) is 18.4. The molecule has 0 saturated carbocycles. The van der Waals surface area contributed by atoms with Crippen LogP contribution in [0.5, 0.6) is 11.5 Å². The third-order valence-corrected chi connectivity index (χ3v) is 3.81. The van der Waals surface area contributed by atoms with Gasteiger partial charge in [0, 0.05) is 18.2 Å². The van der Waals surface area contributed by atoms with E-state index >= 15 is 0 Å². The highest BCUT2D eigenvalue weighted by Crippen LogP contribution is 2.25. The second-order valence-corrected chi connectivity index (χ2v) is 5.70. The van der Waals surface area contributed by atoms with Crippen LogP contribution in [-0.2, 0) is 11.3 Å². The Balaban J connectivity index is 1.68. The van der Waals surface area contributed by atoms with Crippen LogP contribution < -0.4 is 10.1 Å². The number of rotatable bonds is 6. The predicted molar refractivity (Wildman–Crippen MR) is 96.2 cm³/mol. The maximum Gasteiger partial charge on any atom is 0.253 e. The lowest BCUT2D eigenvalue weighted by Gasteiger charge is -2.14. The summed E-state index contributed by atoms with van der Waals surface area (Å²) in [6.07, 6.45) is -1.24. The predicted octanol–water partition coefficient (Wildman–Crippen LogP) is 3.97. The Kier molecular flexibility index (Phi) is 5.61. The molecule has 2 N–H and O–H groups in total. The van der Waals surface area contributed by atoms with E-state index in [4.69, 9.17) is 4.74 Å². The van der Waals surface area contributed by atoms with Crippen molar-refractivity contribution >= 4 is 5.91 Å². The van der Waals surface area contributed by atoms with Crippen LogP contribution in [0.1, 0.15) is 17.2 Å². The molecular weight excluding hydrogens is 333 g/mol. The first-order chi connectivity index (χ1) is 12.6. The minimum absolute atomic E-state index is 0.175. The van der Waals surface area contributed by atoms with E-state index in [1.54, 1.807) is 54.6 Å². The van der Waals surface area contributed by atoms with Crippen LogP contribution in [0.3, 0.4) is 0 Å². The Labute approximate surface area is 150 Å². The molecule has 1 atom stereocenters. The van der Waals surface area contributed by atoms with Crippen LogP contribution in [0.15, 0.2) is 78.9 Å². The minimum Gasteiger partial charge on any atom is -0.457 e. The molecule has 3 aromatic carbocycles. The molecule has 132 valence electrons. The van der Waals surface area contributed by atoms with Gasteiger partial charge in [0.1, 0.15) is 17.3 Å². The number of benzene rings is 3. The van der Waals surface area contributed by atoms with Gasteiger partial charge in [0.25, 0.3) is 5.91 Å². The number of carbonyl (C=O) groups excluding carboxylic acids is 1. The molecule has 0 aromatic heterocycles. The van der Waals surface area contributed by atoms with E-state index in [9.17, 15) is 14.3 Å². The number of carbonyl (C=O) groups is 1. The van der Waals surface area contributed by atoms with Gasteiger partial charge in [-0.1, -0.05) is 54.6 Å². The lowest BCUT2D eigenvalue weighted by atomic mass is 10.1. The molecule has 4 nitrogen and oxygen atoms in total. The van der Waals surface area contributed by atoms with Gasteiger partial charge in [0.2, 0.25) is 0 Å². The number of amides is 1. The number of para-hydroxylation sites is 1. The summed E-state index contributed by atoms with van der Waals surface area (Å²) in [5.41, 5.74) is 1.24. The molecule has 1 amide bonds. The Morgan fingerprint density at radius 3 is 2.50 bits per heavy atom. The van der Waals surface area contributed by atoms with Crippen LogP contribution in [0.25, 0.3) is 0 Å². The van der Waals surface area contributed by atoms with Crippen molar-refractivity contribution in [2.24, 2.45) is 0 Å². The van der Waals surface area contributed by atoms with Gasteiger partial charge in [0.15, 0.2) is 6.10 Å². The number of hydrogen-bond donors (Lipinski definition) is 2. The second-order valence-electron chi connectivity index (χ2n) is 5.70. The van der Waals surface area contributed by atoms with Crippen molar-refractivity contribution in [3.63, 3.8) is 0 Å². The zero-order valence-electron chi connectivity index (χ0n) is 13.9. The number of hydrogen-bond acceptors (Lipinski definition) is 3. The number of nitrogens with one attached hydrogen (secondary N) is 1. The summed E-state index contributed by atoms with van der Waals surface area (Å²) in [5.74, 6) is -0.0169. The average molecular weight is 351 g/mol. The molecule has 0 bridgehead atoms. The summed E-state index contributed by atoms with van der Waals surface area (Å²) in [6, 6.07) is 21.7. The fourth-order valence-electron chi connectivity index (χ4n) is 2.47. The van der Waals surface area contributed by atoms with Crippen LogP contribution in [0.4, 0.5) is 4.39 Å². The SMILES string of the molecule is O=C(NCc1ccccc1Oc1cccc(F)c1)C(O)c1ccccc1. The summed E-state index contributed by atoms with van der Waals surface area (Å²) >= 11 is 0. The molecule has 3 rings (SSSR count). The fourth-order valence-corrected chi connectivity index (χ4v) is 2.47. The van der Waals surface area contributed by atoms with E-state index < -0.39 is 12.0 Å². The molecule has 0 fully saturated rings. The van der Waals surface area contributed by atoms with Gasteiger partial charge < -0.3 is 15.2 Å². The highest BCUT2D eigenvalue weighted by atomic mass is 19.1. The molecule has 3 aromatic rings. The molecule has 5 heteroatoms. The van der Waals surface area contributed by atoms with E-state index in [-0.39, 0.29) is 12.4 Å². The lowest BCUT2D eigenvalue weighted by molar-refractivity contribution is -0.129. The van der Waals surface area contributed by atoms with Crippen molar-refractivity contribution in [1.29, 1.82) is 0 Å². The number of halogens is 1. The van der Waals surface area contributed by atoms with E-state index in [1.165, 1.54) is 12.1 Å². The molecule has 0 aliphatic rings. The normalized spacial score (nSPS) is 11.6. The van der Waals surface area contributed by atoms with Crippen LogP contribution in [-0.4, -0.2) is 11.0 Å². The Hall–Kier alpha value is -3.18. The zero-order valence-corrected chi connectivity index (χ0v) is 13.9. The molecule has 26 heavy (non-hydrogen) atoms. The van der Waals surface area contributed by atoms with Gasteiger partial charge in [-0.2, -0.15) is 0 Å². The van der Waals surface area contributed by atoms with Gasteiger partial charge in [0.05, 0.1) is 0 Å². The van der Waals surface area contributed by atoms with Crippen molar-refractivity contribution < 1.29 is 19.0 Å². The number of ether oxygens (including phenoxy) is 1. The molecular formula is C21H18FNO3. The minimum atomic E-state index is -1.24. The van der Waals surface area contributed by atoms with E-state index in [0.29, 0.717) is 22.6 Å². The van der Waals surface area contributed by atoms with Gasteiger partial charge in [-0.05, 0) is 23.8 Å². The van der Waals surface area contributed by atoms with Crippen LogP contribution >= 0.6 is 0 Å². The molecule has 1 unspecified atom stereocenters. The number of aliphatic hydroxyl groups is 1. The van der Waals surface area contributed by atoms with Crippen molar-refractivity contribution in [3.05, 3.63) is 95.8 Å². The molecule has 0 aliphatic heterocycles. The number of aliphatic hydroxyl groups excluding tert-OH is 1. The first kappa shape index (κ1) is 17.6. The van der Waals surface area contributed by atoms with Gasteiger partial charge in [-0.3, -0.25) is 4.79 Å². The lowest BCUT2D eigenvalue weighted by Crippen LogP contribution is -2.28. The topological polar surface area (TPSA) is 58.6 Å². The molecule has 0 heterocycles. The average Bonchev–Trinajstić information content (AvgIpc) is 2.67. The second kappa shape index (κ2) is 8.27. The van der Waals surface area contributed by atoms with Gasteiger partial charge >= 0.3 is 0 Å². The van der Waals surface area contributed by atoms with Crippen molar-refractivity contribution in [2.45, 2.75) is 12.6 Å². The quantitative estimate of drug-likeness (QED) is 0.706. The van der Waals surface area contributed by atoms with Crippen molar-refractivity contribution in [3.8, 4) is 11.5 Å². The van der Waals surface area contributed by atoms with Gasteiger partial charge in [-0.25, -0.2) is 4.39 Å². The molecule has 0 spiro atoms. The smallest absolute Gasteiger partial charge is 0.253 e. The van der Waals surface area contributed by atoms with Crippen LogP contribution in [0.2, 0.25) is 0 Å². The van der Waals surface area contributed by atoms with Crippen molar-refractivity contribution in [2.75, 3.05) is 0 Å². The molecule has 0 aliphatic carbocycles. The summed E-state index contributed by atoms with van der Waals surface area (Å²) in [5, 5.41) is 12.8. The summed E-state index contributed by atoms with van der Waals surface area (Å²) in [6.45, 7) is 0.175. The first-order valence-electron chi connectivity index (χ1n) is 8.15. The largest absolute Gasteiger partial charge is 0.457 e. The third kappa shape index (κ3) is 4.46. The highest BCUT2D eigenvalue weighted by Gasteiger charge is 2.17. The monoisotopic (exact) mass is 351 g/mol. The van der Waals surface area contributed by atoms with Gasteiger partial charge in [-0.15, -0.1) is 0 Å².